The van der Waals surface area contributed by atoms with Crippen LogP contribution in [0.5, 0.6) is 0 Å². The van der Waals surface area contributed by atoms with Gasteiger partial charge in [-0.1, -0.05) is 18.2 Å². The minimum atomic E-state index is -4.87. The highest BCUT2D eigenvalue weighted by Crippen LogP contribution is 2.31. The van der Waals surface area contributed by atoms with Gasteiger partial charge >= 0.3 is 6.18 Å². The van der Waals surface area contributed by atoms with Gasteiger partial charge in [0, 0.05) is 23.5 Å². The second kappa shape index (κ2) is 10.4. The molecule has 13 heteroatoms. The van der Waals surface area contributed by atoms with Gasteiger partial charge in [0.2, 0.25) is 0 Å². The third kappa shape index (κ3) is 6.46. The van der Waals surface area contributed by atoms with Gasteiger partial charge in [-0.25, -0.2) is 17.8 Å². The second-order valence-corrected chi connectivity index (χ2v) is 11.0. The molecule has 0 bridgehead atoms. The number of hydrogen-bond acceptors (Lipinski definition) is 6. The molecule has 0 radical (unpaired) electrons. The Labute approximate surface area is 215 Å². The predicted molar refractivity (Wildman–Crippen MR) is 133 cm³/mol. The summed E-state index contributed by atoms with van der Waals surface area (Å²) in [5, 5.41) is 8.01. The Bertz CT molecular complexity index is 1510. The summed E-state index contributed by atoms with van der Waals surface area (Å²) in [4.78, 5) is 29.9. The van der Waals surface area contributed by atoms with Crippen LogP contribution in [0.3, 0.4) is 0 Å². The van der Waals surface area contributed by atoms with Gasteiger partial charge in [-0.3, -0.25) is 9.59 Å². The number of pyridine rings is 1. The lowest BCUT2D eigenvalue weighted by Gasteiger charge is -2.16. The number of anilines is 3. The molecule has 2 amide bonds. The molecule has 3 N–H and O–H groups in total. The number of carbonyl (C=O) groups is 2. The normalized spacial score (nSPS) is 16.6. The summed E-state index contributed by atoms with van der Waals surface area (Å²) in [6, 6.07) is 9.18. The first-order valence-electron chi connectivity index (χ1n) is 11.3. The fourth-order valence-corrected chi connectivity index (χ4v) is 5.55. The molecule has 0 saturated carbocycles. The van der Waals surface area contributed by atoms with Crippen molar-refractivity contribution in [3.05, 3.63) is 82.8 Å². The van der Waals surface area contributed by atoms with Crippen LogP contribution < -0.4 is 16.0 Å². The first-order chi connectivity index (χ1) is 17.8. The summed E-state index contributed by atoms with van der Waals surface area (Å²) >= 11 is 0. The maximum Gasteiger partial charge on any atom is 0.416 e. The third-order valence-electron chi connectivity index (χ3n) is 5.85. The molecule has 1 aliphatic rings. The molecule has 3 aromatic rings. The van der Waals surface area contributed by atoms with Gasteiger partial charge in [-0.15, -0.1) is 0 Å². The quantitative estimate of drug-likeness (QED) is 0.390. The fraction of sp³-hybridized carbons (Fsp3) is 0.240. The van der Waals surface area contributed by atoms with E-state index in [4.69, 9.17) is 0 Å². The van der Waals surface area contributed by atoms with Crippen LogP contribution >= 0.6 is 0 Å². The van der Waals surface area contributed by atoms with Gasteiger partial charge in [0.25, 0.3) is 11.8 Å². The zero-order valence-corrected chi connectivity index (χ0v) is 20.7. The summed E-state index contributed by atoms with van der Waals surface area (Å²) in [7, 11) is -3.25. The van der Waals surface area contributed by atoms with Crippen LogP contribution in [0, 0.1) is 12.7 Å². The van der Waals surface area contributed by atoms with Gasteiger partial charge in [-0.2, -0.15) is 13.2 Å². The highest BCUT2D eigenvalue weighted by atomic mass is 32.2. The number of benzene rings is 2. The van der Waals surface area contributed by atoms with E-state index < -0.39 is 50.8 Å². The van der Waals surface area contributed by atoms with Crippen LogP contribution in [-0.4, -0.2) is 42.8 Å². The Morgan fingerprint density at radius 1 is 1.00 bits per heavy atom. The molecule has 1 aliphatic heterocycles. The largest absolute Gasteiger partial charge is 0.416 e. The first-order valence-corrected chi connectivity index (χ1v) is 13.2. The molecule has 1 atom stereocenters. The smallest absolute Gasteiger partial charge is 0.348 e. The molecule has 1 saturated heterocycles. The highest BCUT2D eigenvalue weighted by molar-refractivity contribution is 7.91. The van der Waals surface area contributed by atoms with Crippen molar-refractivity contribution < 1.29 is 35.6 Å². The Kier molecular flexibility index (Phi) is 7.40. The third-order valence-corrected chi connectivity index (χ3v) is 7.62. The Hall–Kier alpha value is -4.00. The van der Waals surface area contributed by atoms with E-state index in [2.05, 4.69) is 20.9 Å². The number of carbonyl (C=O) groups excluding carboxylic acids is 2. The van der Waals surface area contributed by atoms with Crippen LogP contribution in [0.4, 0.5) is 34.8 Å². The topological polar surface area (TPSA) is 117 Å². The van der Waals surface area contributed by atoms with E-state index in [1.54, 1.807) is 18.2 Å². The SMILES string of the molecule is Cc1ccccc1Nc1ncc(C(=O)NC2CCS(=O)(=O)C2)cc1NC(=O)c1cc(F)cc(C(F)(F)F)c1. The van der Waals surface area contributed by atoms with E-state index in [1.807, 2.05) is 13.0 Å². The van der Waals surface area contributed by atoms with Crippen molar-refractivity contribution in [1.82, 2.24) is 10.3 Å². The molecule has 4 rings (SSSR count). The summed E-state index contributed by atoms with van der Waals surface area (Å²) in [5.41, 5.74) is -0.605. The van der Waals surface area contributed by atoms with E-state index in [9.17, 15) is 35.6 Å². The van der Waals surface area contributed by atoms with E-state index >= 15 is 0 Å². The van der Waals surface area contributed by atoms with Crippen LogP contribution in [0.2, 0.25) is 0 Å². The molecule has 2 aromatic carbocycles. The minimum Gasteiger partial charge on any atom is -0.348 e. The van der Waals surface area contributed by atoms with Crippen molar-refractivity contribution >= 4 is 38.8 Å². The van der Waals surface area contributed by atoms with E-state index in [-0.39, 0.29) is 41.1 Å². The van der Waals surface area contributed by atoms with Crippen molar-refractivity contribution in [2.45, 2.75) is 25.6 Å². The second-order valence-electron chi connectivity index (χ2n) is 8.81. The number of aryl methyl sites for hydroxylation is 1. The highest BCUT2D eigenvalue weighted by Gasteiger charge is 2.32. The molecular weight excluding hydrogens is 528 g/mol. The van der Waals surface area contributed by atoms with Crippen molar-refractivity contribution in [1.29, 1.82) is 0 Å². The molecule has 0 aliphatic carbocycles. The van der Waals surface area contributed by atoms with Crippen LogP contribution in [0.1, 0.15) is 38.3 Å². The first kappa shape index (κ1) is 27.0. The van der Waals surface area contributed by atoms with Gasteiger partial charge in [-0.05, 0) is 49.2 Å². The molecule has 1 unspecified atom stereocenters. The van der Waals surface area contributed by atoms with E-state index in [0.29, 0.717) is 17.8 Å². The molecule has 1 fully saturated rings. The maximum absolute atomic E-state index is 13.9. The minimum absolute atomic E-state index is 0.0323. The Morgan fingerprint density at radius 3 is 2.39 bits per heavy atom. The number of nitrogens with zero attached hydrogens (tertiary/aromatic N) is 1. The molecule has 8 nitrogen and oxygen atoms in total. The van der Waals surface area contributed by atoms with Gasteiger partial charge < -0.3 is 16.0 Å². The van der Waals surface area contributed by atoms with Crippen LogP contribution in [0.25, 0.3) is 0 Å². The van der Waals surface area contributed by atoms with Crippen molar-refractivity contribution in [2.24, 2.45) is 0 Å². The zero-order valence-electron chi connectivity index (χ0n) is 19.9. The van der Waals surface area contributed by atoms with Gasteiger partial charge in [0.1, 0.15) is 5.82 Å². The lowest BCUT2D eigenvalue weighted by atomic mass is 10.1. The number of hydrogen-bond donors (Lipinski definition) is 3. The summed E-state index contributed by atoms with van der Waals surface area (Å²) < 4.78 is 76.7. The molecule has 200 valence electrons. The van der Waals surface area contributed by atoms with E-state index in [1.165, 1.54) is 12.3 Å². The molecule has 38 heavy (non-hydrogen) atoms. The number of sulfone groups is 1. The molecule has 0 spiro atoms. The average molecular weight is 551 g/mol. The lowest BCUT2D eigenvalue weighted by molar-refractivity contribution is -0.137. The van der Waals surface area contributed by atoms with Crippen LogP contribution in [0.15, 0.2) is 54.7 Å². The van der Waals surface area contributed by atoms with E-state index in [0.717, 1.165) is 5.56 Å². The average Bonchev–Trinajstić information content (AvgIpc) is 3.18. The van der Waals surface area contributed by atoms with Gasteiger partial charge in [0.05, 0.1) is 28.3 Å². The van der Waals surface area contributed by atoms with Gasteiger partial charge in [0.15, 0.2) is 15.7 Å². The standard InChI is InChI=1S/C25H22F4N4O4S/c1-14-4-2-3-5-20(14)32-22-21(33-23(34)15-8-17(25(27,28)29)11-18(26)9-15)10-16(12-30-22)24(35)31-19-6-7-38(36,37)13-19/h2-5,8-12,19H,6-7,13H2,1H3,(H,30,32)(H,31,35)(H,33,34). The summed E-state index contributed by atoms with van der Waals surface area (Å²) in [6.07, 6.45) is -3.42. The Morgan fingerprint density at radius 2 is 1.74 bits per heavy atom. The van der Waals surface area contributed by atoms with Crippen molar-refractivity contribution in [2.75, 3.05) is 22.1 Å². The number of rotatable bonds is 6. The molecule has 2 heterocycles. The maximum atomic E-state index is 13.9. The number of halogens is 4. The number of amides is 2. The summed E-state index contributed by atoms with van der Waals surface area (Å²) in [6.45, 7) is 1.81. The van der Waals surface area contributed by atoms with Crippen molar-refractivity contribution in [3.8, 4) is 0 Å². The van der Waals surface area contributed by atoms with Crippen molar-refractivity contribution in [3.63, 3.8) is 0 Å². The molecule has 1 aromatic heterocycles. The van der Waals surface area contributed by atoms with Crippen LogP contribution in [-0.2, 0) is 16.0 Å². The summed E-state index contributed by atoms with van der Waals surface area (Å²) in [5.74, 6) is -3.15. The number of nitrogens with one attached hydrogen (secondary N) is 3. The number of alkyl halides is 3. The number of para-hydroxylation sites is 1. The Balaban J connectivity index is 1.66. The molecular formula is C25H22F4N4O4S. The predicted octanol–water partition coefficient (Wildman–Crippen LogP) is 4.46. The monoisotopic (exact) mass is 550 g/mol. The number of aromatic nitrogens is 1. The zero-order chi connectivity index (χ0) is 27.7. The fourth-order valence-electron chi connectivity index (χ4n) is 3.88. The lowest BCUT2D eigenvalue weighted by Crippen LogP contribution is -2.35.